The average Bonchev–Trinajstić information content (AvgIpc) is 2.30. The smallest absolute Gasteiger partial charge is 0.125 e. The Hall–Kier alpha value is -0.750. The summed E-state index contributed by atoms with van der Waals surface area (Å²) in [5, 5.41) is 0. The number of hydrogen-bond acceptors (Lipinski definition) is 2. The van der Waals surface area contributed by atoms with E-state index in [1.807, 2.05) is 0 Å². The Morgan fingerprint density at radius 3 is 2.47 bits per heavy atom. The van der Waals surface area contributed by atoms with E-state index in [1.54, 1.807) is 17.8 Å². The number of halogens is 2. The first-order chi connectivity index (χ1) is 8.15. The molecular weight excluding hydrogens is 348 g/mol. The van der Waals surface area contributed by atoms with Gasteiger partial charge in [0.05, 0.1) is 0 Å². The topological polar surface area (TPSA) is 26.0 Å². The maximum Gasteiger partial charge on any atom is 0.125 e. The molecule has 0 aliphatic heterocycles. The van der Waals surface area contributed by atoms with Gasteiger partial charge < -0.3 is 5.73 Å². The highest BCUT2D eigenvalue weighted by atomic mass is 127. The van der Waals surface area contributed by atoms with Gasteiger partial charge in [-0.2, -0.15) is 0 Å². The number of thioether (sulfide) groups is 1. The van der Waals surface area contributed by atoms with Gasteiger partial charge in [-0.25, -0.2) is 4.39 Å². The summed E-state index contributed by atoms with van der Waals surface area (Å²) < 4.78 is 14.1. The molecule has 0 aromatic heterocycles. The van der Waals surface area contributed by atoms with E-state index in [9.17, 15) is 4.39 Å². The van der Waals surface area contributed by atoms with Crippen molar-refractivity contribution in [3.05, 3.63) is 57.4 Å². The average molecular weight is 359 g/mol. The predicted molar refractivity (Wildman–Crippen MR) is 79.5 cm³/mol. The molecule has 17 heavy (non-hydrogen) atoms. The largest absolute Gasteiger partial charge is 0.398 e. The Kier molecular flexibility index (Phi) is 4.28. The molecule has 88 valence electrons. The zero-order valence-corrected chi connectivity index (χ0v) is 12.0. The second kappa shape index (κ2) is 5.73. The summed E-state index contributed by atoms with van der Waals surface area (Å²) in [4.78, 5) is 0.921. The van der Waals surface area contributed by atoms with E-state index in [4.69, 9.17) is 5.73 Å². The molecule has 2 aromatic carbocycles. The third-order valence-corrected chi connectivity index (χ3v) is 4.16. The first-order valence-corrected chi connectivity index (χ1v) is 7.14. The molecular formula is C13H11FINS. The van der Waals surface area contributed by atoms with E-state index in [1.165, 1.54) is 21.3 Å². The van der Waals surface area contributed by atoms with Crippen LogP contribution in [-0.2, 0) is 5.75 Å². The summed E-state index contributed by atoms with van der Waals surface area (Å²) in [6, 6.07) is 12.9. The van der Waals surface area contributed by atoms with Gasteiger partial charge in [0.15, 0.2) is 0 Å². The molecule has 0 unspecified atom stereocenters. The highest BCUT2D eigenvalue weighted by Gasteiger charge is 2.02. The number of rotatable bonds is 3. The van der Waals surface area contributed by atoms with E-state index in [0.717, 1.165) is 10.6 Å². The Bertz CT molecular complexity index is 513. The molecule has 0 aliphatic rings. The predicted octanol–water partition coefficient (Wildman–Crippen LogP) is 4.30. The lowest BCUT2D eigenvalue weighted by molar-refractivity contribution is 0.627. The van der Waals surface area contributed by atoms with Gasteiger partial charge in [-0.15, -0.1) is 11.8 Å². The molecule has 0 aliphatic carbocycles. The van der Waals surface area contributed by atoms with Crippen molar-refractivity contribution in [2.45, 2.75) is 10.6 Å². The van der Waals surface area contributed by atoms with Gasteiger partial charge in [-0.1, -0.05) is 12.1 Å². The molecule has 1 nitrogen and oxygen atoms in total. The summed E-state index contributed by atoms with van der Waals surface area (Å²) >= 11 is 3.90. The van der Waals surface area contributed by atoms with Crippen molar-refractivity contribution in [2.75, 3.05) is 5.73 Å². The van der Waals surface area contributed by atoms with Gasteiger partial charge in [0.25, 0.3) is 0 Å². The van der Waals surface area contributed by atoms with Gasteiger partial charge in [-0.3, -0.25) is 0 Å². The van der Waals surface area contributed by atoms with Crippen LogP contribution >= 0.6 is 34.4 Å². The highest BCUT2D eigenvalue weighted by molar-refractivity contribution is 14.1. The van der Waals surface area contributed by atoms with Gasteiger partial charge in [0.2, 0.25) is 0 Å². The van der Waals surface area contributed by atoms with Crippen LogP contribution in [0.5, 0.6) is 0 Å². The lowest BCUT2D eigenvalue weighted by atomic mass is 10.2. The Morgan fingerprint density at radius 2 is 1.82 bits per heavy atom. The quantitative estimate of drug-likeness (QED) is 0.502. The molecule has 0 atom stereocenters. The molecule has 2 rings (SSSR count). The van der Waals surface area contributed by atoms with Crippen LogP contribution in [0, 0.1) is 9.39 Å². The molecule has 0 heterocycles. The fourth-order valence-corrected chi connectivity index (χ4v) is 2.66. The van der Waals surface area contributed by atoms with Gasteiger partial charge in [-0.05, 0) is 58.5 Å². The maximum atomic E-state index is 12.9. The van der Waals surface area contributed by atoms with Crippen molar-refractivity contribution >= 4 is 40.0 Å². The Morgan fingerprint density at radius 1 is 1.12 bits per heavy atom. The normalized spacial score (nSPS) is 10.5. The van der Waals surface area contributed by atoms with E-state index < -0.39 is 0 Å². The molecule has 0 fully saturated rings. The number of nitrogen functional groups attached to an aromatic ring is 1. The van der Waals surface area contributed by atoms with Crippen molar-refractivity contribution in [3.8, 4) is 0 Å². The second-order valence-electron chi connectivity index (χ2n) is 3.60. The van der Waals surface area contributed by atoms with Crippen LogP contribution < -0.4 is 5.73 Å². The summed E-state index contributed by atoms with van der Waals surface area (Å²) in [7, 11) is 0. The number of anilines is 1. The summed E-state index contributed by atoms with van der Waals surface area (Å²) in [6.07, 6.45) is 0. The molecule has 0 radical (unpaired) electrons. The van der Waals surface area contributed by atoms with Crippen molar-refractivity contribution in [2.24, 2.45) is 0 Å². The summed E-state index contributed by atoms with van der Waals surface area (Å²) in [5.74, 6) is 0.549. The van der Waals surface area contributed by atoms with Crippen LogP contribution in [-0.4, -0.2) is 0 Å². The number of benzene rings is 2. The summed E-state index contributed by atoms with van der Waals surface area (Å²) in [6.45, 7) is 0. The van der Waals surface area contributed by atoms with Crippen LogP contribution in [0.1, 0.15) is 5.56 Å². The fourth-order valence-electron chi connectivity index (χ4n) is 1.39. The maximum absolute atomic E-state index is 12.9. The minimum atomic E-state index is -0.291. The number of nitrogens with two attached hydrogens (primary N) is 1. The first kappa shape index (κ1) is 12.7. The molecule has 2 N–H and O–H groups in total. The highest BCUT2D eigenvalue weighted by Crippen LogP contribution is 2.28. The third-order valence-electron chi connectivity index (χ3n) is 2.28. The fraction of sp³-hybridized carbons (Fsp3) is 0.0769. The van der Waals surface area contributed by atoms with Crippen LogP contribution in [0.15, 0.2) is 47.4 Å². The van der Waals surface area contributed by atoms with Gasteiger partial charge >= 0.3 is 0 Å². The van der Waals surface area contributed by atoms with Crippen LogP contribution in [0.25, 0.3) is 0 Å². The van der Waals surface area contributed by atoms with E-state index in [2.05, 4.69) is 46.9 Å². The molecule has 0 spiro atoms. The Labute approximate surface area is 118 Å². The lowest BCUT2D eigenvalue weighted by Crippen LogP contribution is -1.90. The lowest BCUT2D eigenvalue weighted by Gasteiger charge is -2.05. The van der Waals surface area contributed by atoms with Crippen molar-refractivity contribution in [1.82, 2.24) is 0 Å². The van der Waals surface area contributed by atoms with Crippen LogP contribution in [0.3, 0.4) is 0 Å². The minimum absolute atomic E-state index is 0.291. The standard InChI is InChI=1S/C13H11FINS/c14-10-3-6-13(12(16)7-10)17-8-9-1-4-11(15)5-2-9/h1-7H,8,16H2. The monoisotopic (exact) mass is 359 g/mol. The van der Waals surface area contributed by atoms with Crippen LogP contribution in [0.2, 0.25) is 0 Å². The molecule has 0 amide bonds. The van der Waals surface area contributed by atoms with E-state index in [-0.39, 0.29) is 5.82 Å². The van der Waals surface area contributed by atoms with Crippen molar-refractivity contribution in [3.63, 3.8) is 0 Å². The van der Waals surface area contributed by atoms with E-state index >= 15 is 0 Å². The second-order valence-corrected chi connectivity index (χ2v) is 5.86. The zero-order valence-electron chi connectivity index (χ0n) is 8.99. The summed E-state index contributed by atoms with van der Waals surface area (Å²) in [5.41, 5.74) is 7.48. The molecule has 4 heteroatoms. The van der Waals surface area contributed by atoms with Crippen molar-refractivity contribution < 1.29 is 4.39 Å². The number of hydrogen-bond donors (Lipinski definition) is 1. The van der Waals surface area contributed by atoms with Gasteiger partial charge in [0.1, 0.15) is 5.82 Å². The SMILES string of the molecule is Nc1cc(F)ccc1SCc1ccc(I)cc1. The molecule has 2 aromatic rings. The third kappa shape index (κ3) is 3.61. The van der Waals surface area contributed by atoms with E-state index in [0.29, 0.717) is 5.69 Å². The van der Waals surface area contributed by atoms with Crippen LogP contribution in [0.4, 0.5) is 10.1 Å². The zero-order chi connectivity index (χ0) is 12.3. The Balaban J connectivity index is 2.04. The molecule has 0 saturated carbocycles. The van der Waals surface area contributed by atoms with Crippen molar-refractivity contribution in [1.29, 1.82) is 0 Å². The first-order valence-electron chi connectivity index (χ1n) is 5.07. The minimum Gasteiger partial charge on any atom is -0.398 e. The van der Waals surface area contributed by atoms with Gasteiger partial charge in [0, 0.05) is 19.9 Å². The molecule has 0 saturated heterocycles. The molecule has 0 bridgehead atoms.